The molecular weight excluding hydrogens is 427 g/mol. The number of pyridine rings is 1. The van der Waals surface area contributed by atoms with Crippen LogP contribution in [0.5, 0.6) is 0 Å². The van der Waals surface area contributed by atoms with Crippen molar-refractivity contribution in [3.63, 3.8) is 0 Å². The summed E-state index contributed by atoms with van der Waals surface area (Å²) in [5.74, 6) is 0.288. The number of piperidine rings is 1. The van der Waals surface area contributed by atoms with E-state index in [9.17, 15) is 9.18 Å². The molecule has 0 aliphatic carbocycles. The third kappa shape index (κ3) is 4.53. The Morgan fingerprint density at radius 3 is 2.47 bits per heavy atom. The van der Waals surface area contributed by atoms with Crippen molar-refractivity contribution < 1.29 is 9.18 Å². The summed E-state index contributed by atoms with van der Waals surface area (Å²) < 4.78 is 15.1. The van der Waals surface area contributed by atoms with Gasteiger partial charge in [-0.25, -0.2) is 9.37 Å². The number of carbonyl (C=O) groups excluding carboxylic acids is 1. The number of carbonyl (C=O) groups is 1. The zero-order valence-corrected chi connectivity index (χ0v) is 19.4. The highest BCUT2D eigenvalue weighted by Crippen LogP contribution is 2.30. The molecule has 5 nitrogen and oxygen atoms in total. The summed E-state index contributed by atoms with van der Waals surface area (Å²) in [5.41, 5.74) is 4.89. The largest absolute Gasteiger partial charge is 0.371 e. The first kappa shape index (κ1) is 22.1. The summed E-state index contributed by atoms with van der Waals surface area (Å²) in [4.78, 5) is 21.8. The maximum atomic E-state index is 13.2. The zero-order valence-electron chi connectivity index (χ0n) is 19.4. The maximum Gasteiger partial charge on any atom is 0.272 e. The van der Waals surface area contributed by atoms with E-state index in [2.05, 4.69) is 34.1 Å². The lowest BCUT2D eigenvalue weighted by Gasteiger charge is -2.34. The van der Waals surface area contributed by atoms with Crippen LogP contribution >= 0.6 is 0 Å². The van der Waals surface area contributed by atoms with Gasteiger partial charge in [0.2, 0.25) is 0 Å². The van der Waals surface area contributed by atoms with Gasteiger partial charge >= 0.3 is 0 Å². The molecule has 5 rings (SSSR count). The predicted octanol–water partition coefficient (Wildman–Crippen LogP) is 5.52. The number of fused-ring (bicyclic) bond motifs is 1. The maximum absolute atomic E-state index is 13.2. The normalized spacial score (nSPS) is 14.5. The molecule has 1 amide bonds. The third-order valence-corrected chi connectivity index (χ3v) is 6.82. The summed E-state index contributed by atoms with van der Waals surface area (Å²) in [6, 6.07) is 21.2. The highest BCUT2D eigenvalue weighted by molar-refractivity contribution is 5.93. The molecule has 1 saturated heterocycles. The number of benzene rings is 2. The van der Waals surface area contributed by atoms with Crippen LogP contribution in [0.3, 0.4) is 0 Å². The molecule has 34 heavy (non-hydrogen) atoms. The van der Waals surface area contributed by atoms with Gasteiger partial charge in [0.15, 0.2) is 0 Å². The summed E-state index contributed by atoms with van der Waals surface area (Å²) in [6.45, 7) is 5.14. The fourth-order valence-corrected chi connectivity index (χ4v) is 4.82. The Kier molecular flexibility index (Phi) is 6.30. The van der Waals surface area contributed by atoms with Gasteiger partial charge in [-0.15, -0.1) is 0 Å². The second-order valence-corrected chi connectivity index (χ2v) is 8.87. The molecule has 0 bridgehead atoms. The first-order valence-corrected chi connectivity index (χ1v) is 11.9. The summed E-state index contributed by atoms with van der Waals surface area (Å²) in [6.07, 6.45) is 5.64. The molecule has 2 aromatic carbocycles. The lowest BCUT2D eigenvalue weighted by molar-refractivity contribution is 0.0745. The minimum Gasteiger partial charge on any atom is -0.371 e. The first-order chi connectivity index (χ1) is 16.6. The minimum absolute atomic E-state index is 0.0202. The van der Waals surface area contributed by atoms with E-state index in [1.807, 2.05) is 52.8 Å². The predicted molar refractivity (Wildman–Crippen MR) is 133 cm³/mol. The Labute approximate surface area is 199 Å². The van der Waals surface area contributed by atoms with Crippen LogP contribution in [-0.4, -0.2) is 39.8 Å². The van der Waals surface area contributed by atoms with Crippen LogP contribution < -0.4 is 4.90 Å². The van der Waals surface area contributed by atoms with E-state index in [4.69, 9.17) is 0 Å². The van der Waals surface area contributed by atoms with E-state index in [1.54, 1.807) is 18.3 Å². The van der Waals surface area contributed by atoms with Crippen molar-refractivity contribution in [2.75, 3.05) is 24.5 Å². The Morgan fingerprint density at radius 1 is 1.03 bits per heavy atom. The van der Waals surface area contributed by atoms with Gasteiger partial charge in [-0.05, 0) is 73.2 Å². The number of rotatable bonds is 6. The second-order valence-electron chi connectivity index (χ2n) is 8.87. The molecule has 0 saturated carbocycles. The number of hydrogen-bond donors (Lipinski definition) is 0. The van der Waals surface area contributed by atoms with Gasteiger partial charge in [0.1, 0.15) is 17.2 Å². The molecule has 174 valence electrons. The molecular formula is C28H29FN4O. The van der Waals surface area contributed by atoms with Gasteiger partial charge in [-0.3, -0.25) is 9.20 Å². The molecule has 0 atom stereocenters. The van der Waals surface area contributed by atoms with Crippen molar-refractivity contribution in [2.24, 2.45) is 0 Å². The van der Waals surface area contributed by atoms with Gasteiger partial charge < -0.3 is 9.80 Å². The van der Waals surface area contributed by atoms with Crippen LogP contribution in [0.25, 0.3) is 5.65 Å². The van der Waals surface area contributed by atoms with Crippen molar-refractivity contribution in [3.8, 4) is 0 Å². The molecule has 1 aliphatic rings. The molecule has 6 heteroatoms. The van der Waals surface area contributed by atoms with Gasteiger partial charge in [0, 0.05) is 38.1 Å². The molecule has 4 aromatic rings. The van der Waals surface area contributed by atoms with E-state index in [0.29, 0.717) is 24.7 Å². The van der Waals surface area contributed by atoms with Gasteiger partial charge in [0.05, 0.1) is 6.20 Å². The van der Waals surface area contributed by atoms with Crippen LogP contribution in [-0.2, 0) is 6.54 Å². The quantitative estimate of drug-likeness (QED) is 0.384. The average molecular weight is 457 g/mol. The number of anilines is 1. The molecule has 1 aliphatic heterocycles. The van der Waals surface area contributed by atoms with Crippen LogP contribution in [0, 0.1) is 5.82 Å². The van der Waals surface area contributed by atoms with Crippen molar-refractivity contribution in [3.05, 3.63) is 102 Å². The first-order valence-electron chi connectivity index (χ1n) is 11.9. The third-order valence-electron chi connectivity index (χ3n) is 6.82. The molecule has 0 N–H and O–H groups in total. The second kappa shape index (κ2) is 9.67. The SMILES string of the molecule is CCN(Cc1ccc(N2CCC(c3ccc(F)cc3)CC2)cc1)C(=O)c1cnc2ccccn12. The van der Waals surface area contributed by atoms with E-state index in [0.717, 1.165) is 37.1 Å². The molecule has 2 aromatic heterocycles. The summed E-state index contributed by atoms with van der Waals surface area (Å²) >= 11 is 0. The van der Waals surface area contributed by atoms with Crippen molar-refractivity contribution in [1.29, 1.82) is 0 Å². The van der Waals surface area contributed by atoms with Gasteiger partial charge in [-0.2, -0.15) is 0 Å². The highest BCUT2D eigenvalue weighted by Gasteiger charge is 2.22. The topological polar surface area (TPSA) is 40.8 Å². The number of aromatic nitrogens is 2. The number of nitrogens with zero attached hydrogens (tertiary/aromatic N) is 4. The smallest absolute Gasteiger partial charge is 0.272 e. The van der Waals surface area contributed by atoms with Gasteiger partial charge in [0.25, 0.3) is 5.91 Å². The number of halogens is 1. The fraction of sp³-hybridized carbons (Fsp3) is 0.286. The number of amides is 1. The lowest BCUT2D eigenvalue weighted by Crippen LogP contribution is -2.33. The van der Waals surface area contributed by atoms with Crippen molar-refractivity contribution in [2.45, 2.75) is 32.2 Å². The summed E-state index contributed by atoms with van der Waals surface area (Å²) in [7, 11) is 0. The number of imidazole rings is 1. The van der Waals surface area contributed by atoms with Crippen molar-refractivity contribution in [1.82, 2.24) is 14.3 Å². The zero-order chi connectivity index (χ0) is 23.5. The summed E-state index contributed by atoms with van der Waals surface area (Å²) in [5, 5.41) is 0. The fourth-order valence-electron chi connectivity index (χ4n) is 4.82. The molecule has 0 spiro atoms. The molecule has 0 radical (unpaired) electrons. The van der Waals surface area contributed by atoms with Crippen molar-refractivity contribution >= 4 is 17.2 Å². The Balaban J connectivity index is 1.21. The Bertz CT molecular complexity index is 1260. The van der Waals surface area contributed by atoms with E-state index in [1.165, 1.54) is 11.3 Å². The van der Waals surface area contributed by atoms with Crippen LogP contribution in [0.2, 0.25) is 0 Å². The molecule has 1 fully saturated rings. The standard InChI is InChI=1S/C28H29FN4O/c1-2-31(28(34)26-19-30-27-5-3-4-16-33(26)27)20-21-6-12-25(13-7-21)32-17-14-23(15-18-32)22-8-10-24(29)11-9-22/h3-13,16,19,23H,2,14-15,17-18,20H2,1H3. The van der Waals surface area contributed by atoms with Crippen LogP contribution in [0.4, 0.5) is 10.1 Å². The Hall–Kier alpha value is -3.67. The van der Waals surface area contributed by atoms with E-state index >= 15 is 0 Å². The number of hydrogen-bond acceptors (Lipinski definition) is 3. The monoisotopic (exact) mass is 456 g/mol. The highest BCUT2D eigenvalue weighted by atomic mass is 19.1. The van der Waals surface area contributed by atoms with Gasteiger partial charge in [-0.1, -0.05) is 30.3 Å². The molecule has 0 unspecified atom stereocenters. The molecule has 3 heterocycles. The Morgan fingerprint density at radius 2 is 1.76 bits per heavy atom. The van der Waals surface area contributed by atoms with Crippen LogP contribution in [0.1, 0.15) is 47.3 Å². The van der Waals surface area contributed by atoms with E-state index < -0.39 is 0 Å². The average Bonchev–Trinajstić information content (AvgIpc) is 3.32. The van der Waals surface area contributed by atoms with E-state index in [-0.39, 0.29) is 11.7 Å². The minimum atomic E-state index is -0.178. The van der Waals surface area contributed by atoms with Crippen LogP contribution in [0.15, 0.2) is 79.1 Å². The lowest BCUT2D eigenvalue weighted by atomic mass is 9.89.